The Kier molecular flexibility index (Phi) is 3.97. The lowest BCUT2D eigenvalue weighted by molar-refractivity contribution is 0.416. The number of ether oxygens (including phenoxy) is 1. The first-order chi connectivity index (χ1) is 13.7. The summed E-state index contributed by atoms with van der Waals surface area (Å²) in [4.78, 5) is 0. The highest BCUT2D eigenvalue weighted by Crippen LogP contribution is 2.39. The predicted octanol–water partition coefficient (Wildman–Crippen LogP) is 4.91. The number of methoxy groups -OCH3 is 1. The van der Waals surface area contributed by atoms with E-state index in [1.807, 2.05) is 12.1 Å². The third-order valence-electron chi connectivity index (χ3n) is 5.55. The molecule has 0 spiro atoms. The quantitative estimate of drug-likeness (QED) is 0.687. The van der Waals surface area contributed by atoms with E-state index in [4.69, 9.17) is 4.74 Å². The van der Waals surface area contributed by atoms with E-state index in [0.29, 0.717) is 0 Å². The van der Waals surface area contributed by atoms with E-state index >= 15 is 0 Å². The molecule has 140 valence electrons. The minimum atomic E-state index is 0.836. The highest BCUT2D eigenvalue weighted by atomic mass is 16.5. The molecule has 0 amide bonds. The highest BCUT2D eigenvalue weighted by molar-refractivity contribution is 5.79. The number of aryl methyl sites for hydroxylation is 1. The van der Waals surface area contributed by atoms with Gasteiger partial charge in [0.05, 0.1) is 25.0 Å². The first-order valence-electron chi connectivity index (χ1n) is 9.57. The average molecular weight is 369 g/mol. The van der Waals surface area contributed by atoms with Crippen LogP contribution in [0.5, 0.6) is 5.75 Å². The summed E-state index contributed by atoms with van der Waals surface area (Å²) in [6.45, 7) is 3.83. The molecule has 0 saturated carbocycles. The van der Waals surface area contributed by atoms with Crippen LogP contribution >= 0.6 is 0 Å². The molecule has 5 rings (SSSR count). The van der Waals surface area contributed by atoms with Crippen LogP contribution in [0.25, 0.3) is 16.8 Å². The van der Waals surface area contributed by atoms with Crippen molar-refractivity contribution in [2.45, 2.75) is 20.0 Å². The van der Waals surface area contributed by atoms with E-state index in [0.717, 1.165) is 30.1 Å². The zero-order valence-corrected chi connectivity index (χ0v) is 16.1. The Morgan fingerprint density at radius 2 is 1.86 bits per heavy atom. The van der Waals surface area contributed by atoms with E-state index in [9.17, 15) is 0 Å². The summed E-state index contributed by atoms with van der Waals surface area (Å²) in [5.41, 5.74) is 13.3. The molecule has 0 aliphatic carbocycles. The van der Waals surface area contributed by atoms with Gasteiger partial charge < -0.3 is 10.1 Å². The summed E-state index contributed by atoms with van der Waals surface area (Å²) < 4.78 is 5.61. The van der Waals surface area contributed by atoms with Gasteiger partial charge in [0.25, 0.3) is 0 Å². The van der Waals surface area contributed by atoms with Gasteiger partial charge in [0.2, 0.25) is 0 Å². The van der Waals surface area contributed by atoms with Crippen molar-refractivity contribution < 1.29 is 4.74 Å². The normalized spacial score (nSPS) is 14.5. The number of anilines is 1. The van der Waals surface area contributed by atoms with Crippen molar-refractivity contribution >= 4 is 11.4 Å². The zero-order valence-electron chi connectivity index (χ0n) is 16.1. The highest BCUT2D eigenvalue weighted by Gasteiger charge is 2.25. The Bertz CT molecular complexity index is 1090. The first-order valence-corrected chi connectivity index (χ1v) is 9.57. The van der Waals surface area contributed by atoms with E-state index in [1.54, 1.807) is 7.11 Å². The molecule has 2 aliphatic rings. The second kappa shape index (κ2) is 6.64. The largest absolute Gasteiger partial charge is 0.496 e. The second-order valence-corrected chi connectivity index (χ2v) is 7.29. The van der Waals surface area contributed by atoms with Crippen LogP contribution in [0.4, 0.5) is 5.69 Å². The maximum atomic E-state index is 5.61. The maximum absolute atomic E-state index is 5.61. The van der Waals surface area contributed by atoms with E-state index in [2.05, 4.69) is 77.4 Å². The lowest BCUT2D eigenvalue weighted by atomic mass is 9.97. The minimum Gasteiger partial charge on any atom is -0.496 e. The molecule has 28 heavy (non-hydrogen) atoms. The van der Waals surface area contributed by atoms with E-state index in [-0.39, 0.29) is 0 Å². The van der Waals surface area contributed by atoms with Crippen LogP contribution in [0, 0.1) is 6.92 Å². The number of hydrogen-bond acceptors (Lipinski definition) is 4. The Labute approximate surface area is 165 Å². The van der Waals surface area contributed by atoms with Crippen LogP contribution in [0.3, 0.4) is 0 Å². The molecule has 2 N–H and O–H groups in total. The Hall–Kier alpha value is -3.40. The van der Waals surface area contributed by atoms with Crippen molar-refractivity contribution in [1.29, 1.82) is 0 Å². The Morgan fingerprint density at radius 3 is 2.75 bits per heavy atom. The van der Waals surface area contributed by atoms with Crippen LogP contribution < -0.4 is 15.5 Å². The zero-order chi connectivity index (χ0) is 19.1. The van der Waals surface area contributed by atoms with Crippen molar-refractivity contribution in [1.82, 2.24) is 10.3 Å². The lowest BCUT2D eigenvalue weighted by Gasteiger charge is -2.27. The summed E-state index contributed by atoms with van der Waals surface area (Å²) in [7, 11) is 1.73. The van der Waals surface area contributed by atoms with Gasteiger partial charge in [-0.25, -0.2) is 0 Å². The Morgan fingerprint density at radius 1 is 0.964 bits per heavy atom. The van der Waals surface area contributed by atoms with Crippen LogP contribution in [0.15, 0.2) is 66.9 Å². The molecule has 3 aromatic carbocycles. The van der Waals surface area contributed by atoms with Gasteiger partial charge in [0, 0.05) is 23.9 Å². The van der Waals surface area contributed by atoms with Gasteiger partial charge in [-0.2, -0.15) is 0 Å². The molecule has 2 heterocycles. The summed E-state index contributed by atoms with van der Waals surface area (Å²) in [6, 6.07) is 21.4. The third kappa shape index (κ3) is 2.69. The smallest absolute Gasteiger partial charge is 0.126 e. The number of hydrazine groups is 1. The molecule has 0 unspecified atom stereocenters. The number of hydrogen-bond donors (Lipinski definition) is 2. The molecule has 0 aromatic heterocycles. The number of rotatable bonds is 3. The number of nitrogens with zero attached hydrogens (tertiary/aromatic N) is 1. The molecule has 0 bridgehead atoms. The lowest BCUT2D eigenvalue weighted by Crippen LogP contribution is -2.27. The summed E-state index contributed by atoms with van der Waals surface area (Å²) in [5.74, 6) is 0.905. The standard InChI is InChI=1S/C24H23N3O/c1-16-6-5-9-23(28-2)24(16)17-10-11-19-15-27(26-21(19)12-17)22-14-25-13-18-7-3-4-8-20(18)22/h3-12,14,25-26H,13,15H2,1-2H3. The van der Waals surface area contributed by atoms with Gasteiger partial charge in [0.1, 0.15) is 5.75 Å². The van der Waals surface area contributed by atoms with Gasteiger partial charge in [0.15, 0.2) is 0 Å². The third-order valence-corrected chi connectivity index (χ3v) is 5.55. The molecule has 4 heteroatoms. The van der Waals surface area contributed by atoms with Crippen molar-refractivity contribution in [2.75, 3.05) is 12.5 Å². The minimum absolute atomic E-state index is 0.836. The molecule has 0 atom stereocenters. The molecule has 0 saturated heterocycles. The van der Waals surface area contributed by atoms with Gasteiger partial charge in [-0.05, 0) is 41.3 Å². The molecule has 0 radical (unpaired) electrons. The molecule has 0 fully saturated rings. The second-order valence-electron chi connectivity index (χ2n) is 7.29. The van der Waals surface area contributed by atoms with Gasteiger partial charge in [-0.15, -0.1) is 0 Å². The maximum Gasteiger partial charge on any atom is 0.126 e. The monoisotopic (exact) mass is 369 g/mol. The molecule has 3 aromatic rings. The van der Waals surface area contributed by atoms with Gasteiger partial charge in [-0.3, -0.25) is 10.4 Å². The number of benzene rings is 3. The van der Waals surface area contributed by atoms with Crippen LogP contribution in [-0.4, -0.2) is 12.1 Å². The number of fused-ring (bicyclic) bond motifs is 2. The van der Waals surface area contributed by atoms with Crippen LogP contribution in [0.2, 0.25) is 0 Å². The van der Waals surface area contributed by atoms with E-state index < -0.39 is 0 Å². The molecular formula is C24H23N3O. The summed E-state index contributed by atoms with van der Waals surface area (Å²) in [6.07, 6.45) is 2.10. The van der Waals surface area contributed by atoms with Crippen LogP contribution in [-0.2, 0) is 13.1 Å². The molecule has 2 aliphatic heterocycles. The SMILES string of the molecule is COc1cccc(C)c1-c1ccc2c(c1)NN(C1=CNCc3ccccc31)C2. The molecular weight excluding hydrogens is 346 g/mol. The fourth-order valence-corrected chi connectivity index (χ4v) is 4.14. The molecule has 4 nitrogen and oxygen atoms in total. The topological polar surface area (TPSA) is 36.5 Å². The van der Waals surface area contributed by atoms with Crippen molar-refractivity contribution in [3.05, 3.63) is 89.1 Å². The number of nitrogens with one attached hydrogen (secondary N) is 2. The van der Waals surface area contributed by atoms with Crippen LogP contribution in [0.1, 0.15) is 22.3 Å². The fourth-order valence-electron chi connectivity index (χ4n) is 4.14. The predicted molar refractivity (Wildman–Crippen MR) is 114 cm³/mol. The van der Waals surface area contributed by atoms with Crippen molar-refractivity contribution in [3.63, 3.8) is 0 Å². The summed E-state index contributed by atoms with van der Waals surface area (Å²) >= 11 is 0. The van der Waals surface area contributed by atoms with E-state index in [1.165, 1.54) is 33.5 Å². The van der Waals surface area contributed by atoms with Crippen molar-refractivity contribution in [2.24, 2.45) is 0 Å². The average Bonchev–Trinajstić information content (AvgIpc) is 3.16. The first kappa shape index (κ1) is 16.8. The van der Waals surface area contributed by atoms with Crippen molar-refractivity contribution in [3.8, 4) is 16.9 Å². The Balaban J connectivity index is 1.49. The summed E-state index contributed by atoms with van der Waals surface area (Å²) in [5, 5.41) is 5.61. The van der Waals surface area contributed by atoms with Gasteiger partial charge in [-0.1, -0.05) is 48.5 Å². The fraction of sp³-hybridized carbons (Fsp3) is 0.167. The van der Waals surface area contributed by atoms with Gasteiger partial charge >= 0.3 is 0 Å².